The standard InChI is InChI=1S/C19H22FNO4/c1-4-25-19(24)18-12(2)16(9-10-17(22)23)13(3)21(18)11-14-5-7-15(20)8-6-14/h5-8H,4,9-11H2,1-3H3,(H,22,23). The van der Waals surface area contributed by atoms with Crippen LogP contribution >= 0.6 is 0 Å². The molecule has 1 aromatic heterocycles. The van der Waals surface area contributed by atoms with Crippen LogP contribution in [-0.4, -0.2) is 28.2 Å². The van der Waals surface area contributed by atoms with Gasteiger partial charge in [0, 0.05) is 18.7 Å². The number of ether oxygens (including phenoxy) is 1. The highest BCUT2D eigenvalue weighted by Gasteiger charge is 2.24. The topological polar surface area (TPSA) is 68.5 Å². The van der Waals surface area contributed by atoms with Crippen molar-refractivity contribution in [2.75, 3.05) is 6.61 Å². The van der Waals surface area contributed by atoms with E-state index >= 15 is 0 Å². The van der Waals surface area contributed by atoms with Crippen LogP contribution in [0.1, 0.15) is 46.2 Å². The molecule has 0 saturated carbocycles. The van der Waals surface area contributed by atoms with Gasteiger partial charge in [0.2, 0.25) is 0 Å². The highest BCUT2D eigenvalue weighted by molar-refractivity contribution is 5.90. The monoisotopic (exact) mass is 347 g/mol. The summed E-state index contributed by atoms with van der Waals surface area (Å²) in [5, 5.41) is 8.95. The van der Waals surface area contributed by atoms with E-state index in [0.29, 0.717) is 18.7 Å². The van der Waals surface area contributed by atoms with Gasteiger partial charge in [-0.05, 0) is 56.0 Å². The fourth-order valence-corrected chi connectivity index (χ4v) is 2.98. The van der Waals surface area contributed by atoms with Gasteiger partial charge in [-0.25, -0.2) is 9.18 Å². The van der Waals surface area contributed by atoms with Crippen molar-refractivity contribution in [2.24, 2.45) is 0 Å². The number of halogens is 1. The maximum atomic E-state index is 13.1. The molecule has 1 N–H and O–H groups in total. The predicted molar refractivity (Wildman–Crippen MR) is 91.3 cm³/mol. The summed E-state index contributed by atoms with van der Waals surface area (Å²) in [4.78, 5) is 23.3. The molecule has 0 spiro atoms. The number of carbonyl (C=O) groups excluding carboxylic acids is 1. The van der Waals surface area contributed by atoms with Crippen molar-refractivity contribution < 1.29 is 23.8 Å². The van der Waals surface area contributed by atoms with Gasteiger partial charge in [0.1, 0.15) is 11.5 Å². The van der Waals surface area contributed by atoms with E-state index in [1.165, 1.54) is 12.1 Å². The highest BCUT2D eigenvalue weighted by Crippen LogP contribution is 2.25. The summed E-state index contributed by atoms with van der Waals surface area (Å²) in [6.07, 6.45) is 0.334. The Morgan fingerprint density at radius 2 is 1.84 bits per heavy atom. The van der Waals surface area contributed by atoms with Gasteiger partial charge >= 0.3 is 11.9 Å². The molecule has 0 aliphatic heterocycles. The molecule has 0 amide bonds. The molecule has 2 rings (SSSR count). The summed E-state index contributed by atoms with van der Waals surface area (Å²) in [6.45, 7) is 6.03. The van der Waals surface area contributed by atoms with Gasteiger partial charge in [0.25, 0.3) is 0 Å². The number of aliphatic carboxylic acids is 1. The van der Waals surface area contributed by atoms with E-state index < -0.39 is 11.9 Å². The number of hydrogen-bond donors (Lipinski definition) is 1. The van der Waals surface area contributed by atoms with E-state index in [4.69, 9.17) is 9.84 Å². The van der Waals surface area contributed by atoms with Crippen LogP contribution in [0.5, 0.6) is 0 Å². The Bertz CT molecular complexity index is 778. The second-order valence-electron chi connectivity index (χ2n) is 5.86. The molecule has 1 heterocycles. The zero-order valence-corrected chi connectivity index (χ0v) is 14.6. The summed E-state index contributed by atoms with van der Waals surface area (Å²) in [6, 6.07) is 6.07. The van der Waals surface area contributed by atoms with Crippen LogP contribution < -0.4 is 0 Å². The number of rotatable bonds is 7. The molecule has 2 aromatic rings. The van der Waals surface area contributed by atoms with Crippen molar-refractivity contribution in [3.8, 4) is 0 Å². The zero-order chi connectivity index (χ0) is 18.6. The molecule has 0 aliphatic rings. The Hall–Kier alpha value is -2.63. The Morgan fingerprint density at radius 1 is 1.20 bits per heavy atom. The minimum atomic E-state index is -0.886. The van der Waals surface area contributed by atoms with Crippen molar-refractivity contribution in [1.82, 2.24) is 4.57 Å². The van der Waals surface area contributed by atoms with Gasteiger partial charge in [0.05, 0.1) is 6.61 Å². The van der Waals surface area contributed by atoms with Crippen LogP contribution in [0.3, 0.4) is 0 Å². The Kier molecular flexibility index (Phi) is 5.96. The van der Waals surface area contributed by atoms with Gasteiger partial charge in [-0.1, -0.05) is 12.1 Å². The third kappa shape index (κ3) is 4.26. The van der Waals surface area contributed by atoms with Crippen LogP contribution in [0, 0.1) is 19.7 Å². The first kappa shape index (κ1) is 18.7. The van der Waals surface area contributed by atoms with Crippen LogP contribution in [0.25, 0.3) is 0 Å². The molecule has 0 unspecified atom stereocenters. The molecule has 1 aromatic carbocycles. The molecule has 0 radical (unpaired) electrons. The molecule has 0 bridgehead atoms. The third-order valence-electron chi connectivity index (χ3n) is 4.23. The largest absolute Gasteiger partial charge is 0.481 e. The number of aromatic nitrogens is 1. The average Bonchev–Trinajstić information content (AvgIpc) is 2.78. The SMILES string of the molecule is CCOC(=O)c1c(C)c(CCC(=O)O)c(C)n1Cc1ccc(F)cc1. The van der Waals surface area contributed by atoms with Gasteiger partial charge < -0.3 is 14.4 Å². The number of nitrogens with zero attached hydrogens (tertiary/aromatic N) is 1. The molecular weight excluding hydrogens is 325 g/mol. The van der Waals surface area contributed by atoms with Crippen molar-refractivity contribution in [2.45, 2.75) is 40.2 Å². The summed E-state index contributed by atoms with van der Waals surface area (Å²) in [5.74, 6) is -1.65. The van der Waals surface area contributed by atoms with E-state index in [1.54, 1.807) is 26.0 Å². The Morgan fingerprint density at radius 3 is 2.40 bits per heavy atom. The molecule has 0 saturated heterocycles. The fourth-order valence-electron chi connectivity index (χ4n) is 2.98. The second-order valence-corrected chi connectivity index (χ2v) is 5.86. The number of carboxylic acids is 1. The molecule has 0 fully saturated rings. The van der Waals surface area contributed by atoms with Gasteiger partial charge in [-0.2, -0.15) is 0 Å². The molecule has 6 heteroatoms. The predicted octanol–water partition coefficient (Wildman–Crippen LogP) is 3.49. The average molecular weight is 347 g/mol. The lowest BCUT2D eigenvalue weighted by atomic mass is 10.1. The van der Waals surface area contributed by atoms with Crippen molar-refractivity contribution in [3.05, 3.63) is 58.2 Å². The maximum absolute atomic E-state index is 13.1. The summed E-state index contributed by atoms with van der Waals surface area (Å²) in [7, 11) is 0. The van der Waals surface area contributed by atoms with Crippen molar-refractivity contribution in [3.63, 3.8) is 0 Å². The van der Waals surface area contributed by atoms with E-state index in [-0.39, 0.29) is 18.8 Å². The lowest BCUT2D eigenvalue weighted by molar-refractivity contribution is -0.136. The number of hydrogen-bond acceptors (Lipinski definition) is 3. The van der Waals surface area contributed by atoms with E-state index in [0.717, 1.165) is 22.4 Å². The summed E-state index contributed by atoms with van der Waals surface area (Å²) in [5.41, 5.74) is 3.66. The second kappa shape index (κ2) is 7.96. The summed E-state index contributed by atoms with van der Waals surface area (Å²) >= 11 is 0. The highest BCUT2D eigenvalue weighted by atomic mass is 19.1. The normalized spacial score (nSPS) is 10.7. The quantitative estimate of drug-likeness (QED) is 0.779. The van der Waals surface area contributed by atoms with Crippen LogP contribution in [-0.2, 0) is 22.5 Å². The molecule has 5 nitrogen and oxygen atoms in total. The van der Waals surface area contributed by atoms with Crippen LogP contribution in [0.2, 0.25) is 0 Å². The maximum Gasteiger partial charge on any atom is 0.355 e. The third-order valence-corrected chi connectivity index (χ3v) is 4.23. The number of benzene rings is 1. The number of esters is 1. The first-order chi connectivity index (χ1) is 11.8. The lowest BCUT2D eigenvalue weighted by Gasteiger charge is -2.12. The molecule has 0 aliphatic carbocycles. The van der Waals surface area contributed by atoms with Crippen molar-refractivity contribution in [1.29, 1.82) is 0 Å². The van der Waals surface area contributed by atoms with E-state index in [2.05, 4.69) is 0 Å². The Balaban J connectivity index is 2.46. The van der Waals surface area contributed by atoms with Gasteiger partial charge in [-0.15, -0.1) is 0 Å². The number of carboxylic acid groups (broad SMARTS) is 1. The minimum absolute atomic E-state index is 0.00942. The molecule has 134 valence electrons. The first-order valence-electron chi connectivity index (χ1n) is 8.17. The molecular formula is C19H22FNO4. The van der Waals surface area contributed by atoms with E-state index in [9.17, 15) is 14.0 Å². The Labute approximate surface area is 146 Å². The van der Waals surface area contributed by atoms with E-state index in [1.807, 2.05) is 11.5 Å². The van der Waals surface area contributed by atoms with Gasteiger partial charge in [-0.3, -0.25) is 4.79 Å². The molecule has 0 atom stereocenters. The smallest absolute Gasteiger partial charge is 0.355 e. The van der Waals surface area contributed by atoms with Gasteiger partial charge in [0.15, 0.2) is 0 Å². The van der Waals surface area contributed by atoms with Crippen LogP contribution in [0.15, 0.2) is 24.3 Å². The first-order valence-corrected chi connectivity index (χ1v) is 8.17. The van der Waals surface area contributed by atoms with Crippen LogP contribution in [0.4, 0.5) is 4.39 Å². The lowest BCUT2D eigenvalue weighted by Crippen LogP contribution is -2.15. The van der Waals surface area contributed by atoms with Crippen molar-refractivity contribution >= 4 is 11.9 Å². The fraction of sp³-hybridized carbons (Fsp3) is 0.368. The zero-order valence-electron chi connectivity index (χ0n) is 14.6. The summed E-state index contributed by atoms with van der Waals surface area (Å²) < 4.78 is 20.1. The molecule has 25 heavy (non-hydrogen) atoms. The number of carbonyl (C=O) groups is 2. The minimum Gasteiger partial charge on any atom is -0.481 e.